The maximum atomic E-state index is 6.50. The van der Waals surface area contributed by atoms with Gasteiger partial charge in [-0.25, -0.2) is 9.97 Å². The molecule has 11 heteroatoms. The second kappa shape index (κ2) is 10.2. The summed E-state index contributed by atoms with van der Waals surface area (Å²) in [5.41, 5.74) is 18.1. The summed E-state index contributed by atoms with van der Waals surface area (Å²) in [5, 5.41) is 18.0. The van der Waals surface area contributed by atoms with E-state index in [1.165, 1.54) is 6.20 Å². The number of aromatic nitrogens is 5. The van der Waals surface area contributed by atoms with Crippen LogP contribution in [0.1, 0.15) is 5.69 Å². The highest BCUT2D eigenvalue weighted by Crippen LogP contribution is 2.33. The molecule has 0 spiro atoms. The van der Waals surface area contributed by atoms with Crippen molar-refractivity contribution in [3.63, 3.8) is 0 Å². The third-order valence-electron chi connectivity index (χ3n) is 6.27. The molecule has 0 bridgehead atoms. The van der Waals surface area contributed by atoms with Gasteiger partial charge in [-0.1, -0.05) is 23.7 Å². The van der Waals surface area contributed by atoms with E-state index >= 15 is 0 Å². The Morgan fingerprint density at radius 2 is 1.95 bits per heavy atom. The Hall–Kier alpha value is -4.80. The first-order chi connectivity index (χ1) is 19.0. The quantitative estimate of drug-likeness (QED) is 0.135. The maximum Gasteiger partial charge on any atom is 0.162 e. The summed E-state index contributed by atoms with van der Waals surface area (Å²) < 4.78 is 0.991. The van der Waals surface area contributed by atoms with Crippen molar-refractivity contribution in [1.82, 2.24) is 30.5 Å². The molecule has 4 aromatic heterocycles. The Balaban J connectivity index is 1.35. The summed E-state index contributed by atoms with van der Waals surface area (Å²) in [6.07, 6.45) is 6.65. The Labute approximate surface area is 232 Å². The predicted octanol–water partition coefficient (Wildman–Crippen LogP) is 5.90. The summed E-state index contributed by atoms with van der Waals surface area (Å²) >= 11 is 8.10. The number of nitrogens with zero attached hydrogens (tertiary/aromatic N) is 3. The lowest BCUT2D eigenvalue weighted by atomic mass is 10.1. The zero-order chi connectivity index (χ0) is 26.9. The Bertz CT molecular complexity index is 1930. The molecule has 0 aliphatic heterocycles. The van der Waals surface area contributed by atoms with E-state index in [0.29, 0.717) is 22.3 Å². The molecular weight excluding hydrogens is 530 g/mol. The number of hydrogen-bond acceptors (Lipinski definition) is 8. The standard InChI is InChI=1S/C28H24ClN9S/c1-32-22(6-8-30)25(31)20(29)13-19-10-15-2-3-16(12-24(15)34-19)27-36-23-7-9-39-26(23)28(37-27)35-18-4-5-21-17(11-18)14-33-38-21/h2-14,32,34H,30-31H2,1H3,(H,33,38)(H,35,36,37)/b8-6-,20-13-,25-22+. The molecule has 0 saturated heterocycles. The average molecular weight is 554 g/mol. The van der Waals surface area contributed by atoms with Crippen LogP contribution in [0.4, 0.5) is 11.5 Å². The molecule has 0 radical (unpaired) electrons. The van der Waals surface area contributed by atoms with E-state index in [-0.39, 0.29) is 0 Å². The van der Waals surface area contributed by atoms with Gasteiger partial charge in [0.05, 0.1) is 38.4 Å². The van der Waals surface area contributed by atoms with E-state index in [0.717, 1.165) is 54.8 Å². The first-order valence-corrected chi connectivity index (χ1v) is 13.3. The number of anilines is 2. The van der Waals surface area contributed by atoms with E-state index in [4.69, 9.17) is 33.0 Å². The number of likely N-dealkylation sites (N-methyl/N-ethyl adjacent to an activating group) is 1. The molecular formula is C28H24ClN9S. The second-order valence-electron chi connectivity index (χ2n) is 8.78. The van der Waals surface area contributed by atoms with Gasteiger partial charge in [0.25, 0.3) is 0 Å². The highest BCUT2D eigenvalue weighted by Gasteiger charge is 2.13. The molecule has 0 amide bonds. The fourth-order valence-corrected chi connectivity index (χ4v) is 5.34. The number of thiophene rings is 1. The molecule has 0 saturated carbocycles. The number of allylic oxidation sites excluding steroid dienone is 2. The SMILES string of the molecule is CNC(/C=C\N)=C(N)\C(Cl)=C\c1cc2ccc(-c3nc(Nc4ccc5[nH]ncc5c4)c4sccc4n3)cc2[nH]1. The number of rotatable bonds is 7. The van der Waals surface area contributed by atoms with E-state index in [1.807, 2.05) is 53.9 Å². The van der Waals surface area contributed by atoms with Gasteiger partial charge in [-0.05, 0) is 60.1 Å². The molecule has 6 aromatic rings. The number of benzene rings is 2. The van der Waals surface area contributed by atoms with E-state index in [1.54, 1.807) is 36.7 Å². The zero-order valence-corrected chi connectivity index (χ0v) is 22.4. The number of H-pyrrole nitrogens is 2. The minimum Gasteiger partial charge on any atom is -0.405 e. The van der Waals surface area contributed by atoms with Crippen LogP contribution in [-0.2, 0) is 0 Å². The highest BCUT2D eigenvalue weighted by molar-refractivity contribution is 7.17. The fraction of sp³-hybridized carbons (Fsp3) is 0.0357. The summed E-state index contributed by atoms with van der Waals surface area (Å²) in [6.45, 7) is 0. The molecule has 9 nitrogen and oxygen atoms in total. The van der Waals surface area contributed by atoms with Crippen LogP contribution in [0.3, 0.4) is 0 Å². The summed E-state index contributed by atoms with van der Waals surface area (Å²) in [6, 6.07) is 16.1. The molecule has 0 atom stereocenters. The van der Waals surface area contributed by atoms with Gasteiger partial charge in [0.2, 0.25) is 0 Å². The molecule has 2 aromatic carbocycles. The minimum atomic E-state index is 0.389. The first-order valence-electron chi connectivity index (χ1n) is 12.0. The largest absolute Gasteiger partial charge is 0.405 e. The zero-order valence-electron chi connectivity index (χ0n) is 20.8. The van der Waals surface area contributed by atoms with Crippen molar-refractivity contribution in [3.8, 4) is 11.4 Å². The van der Waals surface area contributed by atoms with E-state index in [2.05, 4.69) is 25.8 Å². The molecule has 0 fully saturated rings. The minimum absolute atomic E-state index is 0.389. The van der Waals surface area contributed by atoms with Gasteiger partial charge >= 0.3 is 0 Å². The molecule has 6 rings (SSSR count). The van der Waals surface area contributed by atoms with Crippen molar-refractivity contribution in [2.45, 2.75) is 0 Å². The lowest BCUT2D eigenvalue weighted by molar-refractivity contribution is 1.00. The van der Waals surface area contributed by atoms with E-state index in [9.17, 15) is 0 Å². The van der Waals surface area contributed by atoms with Crippen molar-refractivity contribution in [1.29, 1.82) is 0 Å². The first kappa shape index (κ1) is 24.5. The number of hydrogen-bond donors (Lipinski definition) is 6. The fourth-order valence-electron chi connectivity index (χ4n) is 4.35. The van der Waals surface area contributed by atoms with Crippen LogP contribution in [-0.4, -0.2) is 32.2 Å². The van der Waals surface area contributed by atoms with Gasteiger partial charge in [-0.3, -0.25) is 5.10 Å². The van der Waals surface area contributed by atoms with Crippen molar-refractivity contribution < 1.29 is 0 Å². The molecule has 194 valence electrons. The summed E-state index contributed by atoms with van der Waals surface area (Å²) in [7, 11) is 1.76. The van der Waals surface area contributed by atoms with Crippen LogP contribution < -0.4 is 22.1 Å². The molecule has 0 aliphatic rings. The number of fused-ring (bicyclic) bond motifs is 3. The number of halogens is 1. The van der Waals surface area contributed by atoms with Gasteiger partial charge in [0.1, 0.15) is 0 Å². The highest BCUT2D eigenvalue weighted by atomic mass is 35.5. The van der Waals surface area contributed by atoms with Crippen LogP contribution >= 0.6 is 22.9 Å². The molecule has 4 heterocycles. The maximum absolute atomic E-state index is 6.50. The molecule has 0 aliphatic carbocycles. The predicted molar refractivity (Wildman–Crippen MR) is 162 cm³/mol. The lowest BCUT2D eigenvalue weighted by Crippen LogP contribution is -2.13. The van der Waals surface area contributed by atoms with Crippen LogP contribution in [0.15, 0.2) is 88.8 Å². The molecule has 39 heavy (non-hydrogen) atoms. The normalized spacial score (nSPS) is 13.0. The van der Waals surface area contributed by atoms with Crippen molar-refractivity contribution in [2.75, 3.05) is 12.4 Å². The van der Waals surface area contributed by atoms with Gasteiger partial charge in [0.15, 0.2) is 11.6 Å². The van der Waals surface area contributed by atoms with Crippen LogP contribution in [0.25, 0.3) is 49.5 Å². The Morgan fingerprint density at radius 1 is 1.05 bits per heavy atom. The third kappa shape index (κ3) is 4.78. The van der Waals surface area contributed by atoms with Crippen molar-refractivity contribution in [2.24, 2.45) is 11.5 Å². The van der Waals surface area contributed by atoms with Crippen molar-refractivity contribution >= 4 is 72.5 Å². The third-order valence-corrected chi connectivity index (χ3v) is 7.49. The number of aromatic amines is 2. The smallest absolute Gasteiger partial charge is 0.162 e. The Morgan fingerprint density at radius 3 is 2.79 bits per heavy atom. The van der Waals surface area contributed by atoms with Crippen LogP contribution in [0.2, 0.25) is 0 Å². The second-order valence-corrected chi connectivity index (χ2v) is 10.1. The van der Waals surface area contributed by atoms with Crippen molar-refractivity contribution in [3.05, 3.63) is 94.5 Å². The van der Waals surface area contributed by atoms with E-state index < -0.39 is 0 Å². The summed E-state index contributed by atoms with van der Waals surface area (Å²) in [5.74, 6) is 1.38. The van der Waals surface area contributed by atoms with Gasteiger partial charge in [0, 0.05) is 40.3 Å². The summed E-state index contributed by atoms with van der Waals surface area (Å²) in [4.78, 5) is 13.1. The average Bonchev–Trinajstić information content (AvgIpc) is 3.69. The molecule has 0 unspecified atom stereocenters. The lowest BCUT2D eigenvalue weighted by Gasteiger charge is -2.09. The number of nitrogens with two attached hydrogens (primary N) is 2. The Kier molecular flexibility index (Phi) is 6.39. The van der Waals surface area contributed by atoms with Crippen LogP contribution in [0, 0.1) is 0 Å². The van der Waals surface area contributed by atoms with Gasteiger partial charge < -0.3 is 27.1 Å². The van der Waals surface area contributed by atoms with Gasteiger partial charge in [-0.2, -0.15) is 5.10 Å². The molecule has 8 N–H and O–H groups in total. The number of nitrogens with one attached hydrogen (secondary N) is 4. The monoisotopic (exact) mass is 553 g/mol. The van der Waals surface area contributed by atoms with Gasteiger partial charge in [-0.15, -0.1) is 11.3 Å². The van der Waals surface area contributed by atoms with Crippen LogP contribution in [0.5, 0.6) is 0 Å². The topological polar surface area (TPSA) is 146 Å².